The summed E-state index contributed by atoms with van der Waals surface area (Å²) >= 11 is 0. The highest BCUT2D eigenvalue weighted by molar-refractivity contribution is 5.48. The molecule has 3 N–H and O–H groups in total. The number of likely N-dealkylation sites (tertiary alicyclic amines) is 1. The molecule has 24 heavy (non-hydrogen) atoms. The summed E-state index contributed by atoms with van der Waals surface area (Å²) in [4.78, 5) is 2.59. The number of piperidine rings is 1. The van der Waals surface area contributed by atoms with Crippen molar-refractivity contribution < 1.29 is 10.2 Å². The van der Waals surface area contributed by atoms with E-state index in [4.69, 9.17) is 0 Å². The molecule has 0 amide bonds. The van der Waals surface area contributed by atoms with Gasteiger partial charge in [0.15, 0.2) is 0 Å². The van der Waals surface area contributed by atoms with E-state index in [0.717, 1.165) is 57.8 Å². The summed E-state index contributed by atoms with van der Waals surface area (Å²) in [5.74, 6) is 1.19. The second-order valence-corrected chi connectivity index (χ2v) is 8.51. The number of nitrogens with one attached hydrogen (secondary N) is 1. The molecule has 0 aromatic heterocycles. The monoisotopic (exact) mass is 328 g/mol. The molecule has 2 aliphatic heterocycles. The molecule has 4 heteroatoms. The van der Waals surface area contributed by atoms with Crippen molar-refractivity contribution >= 4 is 0 Å². The first-order valence-electron chi connectivity index (χ1n) is 9.62. The van der Waals surface area contributed by atoms with Crippen LogP contribution in [0.4, 0.5) is 0 Å². The standard InChI is InChI=1S/C20H28N2O2/c23-16-4-3-15-11-18-20(24)6-9-21-8-5-19(20,17(15)12-16)7-10-22(18)13-14-1-2-14/h3-4,12,14,18,21,23-24H,1-2,5-11,13H2/t18-,19+,20-/m1/s1. The molecule has 3 atom stereocenters. The van der Waals surface area contributed by atoms with Gasteiger partial charge in [0.2, 0.25) is 0 Å². The van der Waals surface area contributed by atoms with Gasteiger partial charge in [-0.05, 0) is 87.3 Å². The number of benzene rings is 1. The Hall–Kier alpha value is -1.10. The molecule has 2 aliphatic carbocycles. The van der Waals surface area contributed by atoms with Gasteiger partial charge in [0.1, 0.15) is 5.75 Å². The van der Waals surface area contributed by atoms with Gasteiger partial charge in [0, 0.05) is 18.0 Å². The van der Waals surface area contributed by atoms with Crippen molar-refractivity contribution in [3.63, 3.8) is 0 Å². The van der Waals surface area contributed by atoms with Gasteiger partial charge in [-0.15, -0.1) is 0 Å². The average molecular weight is 328 g/mol. The van der Waals surface area contributed by atoms with Crippen molar-refractivity contribution in [3.05, 3.63) is 29.3 Å². The van der Waals surface area contributed by atoms with Crippen LogP contribution < -0.4 is 5.32 Å². The Balaban J connectivity index is 1.65. The maximum atomic E-state index is 12.0. The zero-order valence-corrected chi connectivity index (χ0v) is 14.3. The minimum atomic E-state index is -0.676. The van der Waals surface area contributed by atoms with Gasteiger partial charge >= 0.3 is 0 Å². The maximum Gasteiger partial charge on any atom is 0.115 e. The number of hydrogen-bond donors (Lipinski definition) is 3. The Bertz CT molecular complexity index is 659. The molecule has 5 rings (SSSR count). The summed E-state index contributed by atoms with van der Waals surface area (Å²) in [6, 6.07) is 6.08. The summed E-state index contributed by atoms with van der Waals surface area (Å²) in [6.45, 7) is 4.08. The predicted molar refractivity (Wildman–Crippen MR) is 93.2 cm³/mol. The van der Waals surface area contributed by atoms with Gasteiger partial charge in [-0.2, -0.15) is 0 Å². The van der Waals surface area contributed by atoms with Crippen LogP contribution in [0, 0.1) is 5.92 Å². The number of nitrogens with zero attached hydrogens (tertiary/aromatic N) is 1. The van der Waals surface area contributed by atoms with E-state index in [2.05, 4.69) is 16.3 Å². The summed E-state index contributed by atoms with van der Waals surface area (Å²) in [5.41, 5.74) is 1.68. The van der Waals surface area contributed by atoms with Crippen LogP contribution in [0.25, 0.3) is 0 Å². The number of hydrogen-bond acceptors (Lipinski definition) is 4. The summed E-state index contributed by atoms with van der Waals surface area (Å²) in [5, 5.41) is 25.6. The maximum absolute atomic E-state index is 12.0. The molecule has 130 valence electrons. The Morgan fingerprint density at radius 3 is 2.83 bits per heavy atom. The summed E-state index contributed by atoms with van der Waals surface area (Å²) in [7, 11) is 0. The fraction of sp³-hybridized carbons (Fsp3) is 0.700. The lowest BCUT2D eigenvalue weighted by Gasteiger charge is -2.61. The first-order valence-corrected chi connectivity index (χ1v) is 9.62. The molecule has 2 heterocycles. The first-order chi connectivity index (χ1) is 11.6. The third kappa shape index (κ3) is 2.03. The Morgan fingerprint density at radius 2 is 2.00 bits per heavy atom. The van der Waals surface area contributed by atoms with Crippen LogP contribution in [-0.2, 0) is 11.8 Å². The van der Waals surface area contributed by atoms with E-state index in [1.165, 1.54) is 24.0 Å². The van der Waals surface area contributed by atoms with Gasteiger partial charge in [-0.3, -0.25) is 4.90 Å². The highest BCUT2D eigenvalue weighted by Gasteiger charge is 2.62. The number of phenolic OH excluding ortho intramolecular Hbond substituents is 1. The Kier molecular flexibility index (Phi) is 3.29. The lowest BCUT2D eigenvalue weighted by molar-refractivity contribution is -0.148. The molecule has 1 aromatic carbocycles. The fourth-order valence-corrected chi connectivity index (χ4v) is 5.83. The molecule has 4 nitrogen and oxygen atoms in total. The summed E-state index contributed by atoms with van der Waals surface area (Å²) in [6.07, 6.45) is 6.42. The van der Waals surface area contributed by atoms with E-state index in [1.807, 2.05) is 12.1 Å². The van der Waals surface area contributed by atoms with Gasteiger partial charge in [0.25, 0.3) is 0 Å². The molecule has 3 fully saturated rings. The molecule has 1 aromatic rings. The first kappa shape index (κ1) is 15.2. The van der Waals surface area contributed by atoms with Crippen LogP contribution in [0.5, 0.6) is 5.75 Å². The van der Waals surface area contributed by atoms with Crippen LogP contribution in [-0.4, -0.2) is 52.9 Å². The molecule has 0 radical (unpaired) electrons. The molecule has 4 aliphatic rings. The van der Waals surface area contributed by atoms with E-state index in [0.29, 0.717) is 5.75 Å². The lowest BCUT2D eigenvalue weighted by atomic mass is 9.52. The van der Waals surface area contributed by atoms with Crippen molar-refractivity contribution in [1.29, 1.82) is 0 Å². The zero-order chi connectivity index (χ0) is 16.4. The molecule has 0 spiro atoms. The SMILES string of the molecule is Oc1ccc2c(c1)[C@@]13CCNCC[C@@]1(O)[C@@H](C2)N(CC1CC1)CC3. The molecule has 1 saturated carbocycles. The second-order valence-electron chi connectivity index (χ2n) is 8.51. The molecular weight excluding hydrogens is 300 g/mol. The third-order valence-electron chi connectivity index (χ3n) is 7.27. The second kappa shape index (κ2) is 5.20. The fourth-order valence-electron chi connectivity index (χ4n) is 5.83. The molecule has 2 saturated heterocycles. The van der Waals surface area contributed by atoms with E-state index in [1.54, 1.807) is 0 Å². The normalized spacial score (nSPS) is 39.0. The summed E-state index contributed by atoms with van der Waals surface area (Å²) < 4.78 is 0. The highest BCUT2D eigenvalue weighted by atomic mass is 16.3. The molecule has 0 unspecified atom stereocenters. The van der Waals surface area contributed by atoms with Crippen LogP contribution in [0.2, 0.25) is 0 Å². The van der Waals surface area contributed by atoms with Gasteiger partial charge in [-0.1, -0.05) is 6.07 Å². The van der Waals surface area contributed by atoms with E-state index < -0.39 is 5.60 Å². The van der Waals surface area contributed by atoms with Crippen molar-refractivity contribution in [2.75, 3.05) is 26.2 Å². The molecular formula is C20H28N2O2. The highest BCUT2D eigenvalue weighted by Crippen LogP contribution is 2.56. The van der Waals surface area contributed by atoms with Crippen molar-refractivity contribution in [2.45, 2.75) is 55.6 Å². The van der Waals surface area contributed by atoms with Crippen molar-refractivity contribution in [2.24, 2.45) is 5.92 Å². The number of phenols is 1. The number of fused-ring (bicyclic) bond motifs is 1. The lowest BCUT2D eigenvalue weighted by Crippen LogP contribution is -2.71. The minimum absolute atomic E-state index is 0.201. The van der Waals surface area contributed by atoms with E-state index in [-0.39, 0.29) is 11.5 Å². The minimum Gasteiger partial charge on any atom is -0.508 e. The van der Waals surface area contributed by atoms with Gasteiger partial charge in [-0.25, -0.2) is 0 Å². The van der Waals surface area contributed by atoms with Crippen LogP contribution in [0.15, 0.2) is 18.2 Å². The smallest absolute Gasteiger partial charge is 0.115 e. The largest absolute Gasteiger partial charge is 0.508 e. The Morgan fingerprint density at radius 1 is 1.17 bits per heavy atom. The van der Waals surface area contributed by atoms with Crippen molar-refractivity contribution in [1.82, 2.24) is 10.2 Å². The number of aromatic hydroxyl groups is 1. The predicted octanol–water partition coefficient (Wildman–Crippen LogP) is 1.78. The van der Waals surface area contributed by atoms with Crippen LogP contribution in [0.3, 0.4) is 0 Å². The topological polar surface area (TPSA) is 55.7 Å². The molecule has 2 bridgehead atoms. The van der Waals surface area contributed by atoms with Crippen molar-refractivity contribution in [3.8, 4) is 5.75 Å². The van der Waals surface area contributed by atoms with Gasteiger partial charge < -0.3 is 15.5 Å². The van der Waals surface area contributed by atoms with Crippen LogP contribution in [0.1, 0.15) is 43.2 Å². The third-order valence-corrected chi connectivity index (χ3v) is 7.27. The van der Waals surface area contributed by atoms with Gasteiger partial charge in [0.05, 0.1) is 5.60 Å². The van der Waals surface area contributed by atoms with Crippen LogP contribution >= 0.6 is 0 Å². The number of rotatable bonds is 2. The Labute approximate surface area is 143 Å². The quantitative estimate of drug-likeness (QED) is 0.775. The average Bonchev–Trinajstić information content (AvgIpc) is 3.37. The van der Waals surface area contributed by atoms with E-state index in [9.17, 15) is 10.2 Å². The van der Waals surface area contributed by atoms with E-state index >= 15 is 0 Å². The zero-order valence-electron chi connectivity index (χ0n) is 14.3. The number of aliphatic hydroxyl groups is 1.